The number of piperidine rings is 1. The van der Waals surface area contributed by atoms with Crippen molar-refractivity contribution in [3.05, 3.63) is 41.9 Å². The van der Waals surface area contributed by atoms with E-state index in [4.69, 9.17) is 0 Å². The third-order valence-electron chi connectivity index (χ3n) is 6.77. The van der Waals surface area contributed by atoms with Crippen LogP contribution in [-0.4, -0.2) is 82.8 Å². The SMILES string of the molecule is CCN(c1c(C)c(C(=O)O)cc2c(-c3ccnc(N(C)C)c3)ncn12)C1CCN(CC(F)(F)F)CC1. The van der Waals surface area contributed by atoms with Crippen molar-refractivity contribution in [1.82, 2.24) is 19.3 Å². The van der Waals surface area contributed by atoms with E-state index in [9.17, 15) is 23.1 Å². The molecule has 11 heteroatoms. The summed E-state index contributed by atoms with van der Waals surface area (Å²) in [6.07, 6.45) is 0.273. The first-order chi connectivity index (χ1) is 17.0. The number of nitrogens with zero attached hydrogens (tertiary/aromatic N) is 6. The molecule has 0 atom stereocenters. The number of fused-ring (bicyclic) bond motifs is 1. The van der Waals surface area contributed by atoms with Gasteiger partial charge in [0.25, 0.3) is 0 Å². The quantitative estimate of drug-likeness (QED) is 0.514. The van der Waals surface area contributed by atoms with Crippen molar-refractivity contribution in [2.75, 3.05) is 50.1 Å². The molecule has 0 aromatic carbocycles. The number of carboxylic acid groups (broad SMARTS) is 1. The Morgan fingerprint density at radius 3 is 2.47 bits per heavy atom. The summed E-state index contributed by atoms with van der Waals surface area (Å²) in [6.45, 7) is 4.09. The van der Waals surface area contributed by atoms with E-state index in [0.717, 1.165) is 11.4 Å². The van der Waals surface area contributed by atoms with Crippen LogP contribution < -0.4 is 9.80 Å². The summed E-state index contributed by atoms with van der Waals surface area (Å²) in [5.74, 6) is 0.422. The molecule has 0 spiro atoms. The van der Waals surface area contributed by atoms with Gasteiger partial charge in [-0.2, -0.15) is 13.2 Å². The summed E-state index contributed by atoms with van der Waals surface area (Å²) in [5, 5.41) is 10.00. The van der Waals surface area contributed by atoms with Gasteiger partial charge in [0.05, 0.1) is 23.3 Å². The fourth-order valence-corrected chi connectivity index (χ4v) is 5.04. The van der Waals surface area contributed by atoms with Gasteiger partial charge in [-0.25, -0.2) is 14.8 Å². The number of carboxylic acids is 1. The summed E-state index contributed by atoms with van der Waals surface area (Å²) >= 11 is 0. The average molecular weight is 505 g/mol. The minimum Gasteiger partial charge on any atom is -0.478 e. The standard InChI is InChI=1S/C25H31F3N6O2/c1-5-33(18-7-10-32(11-8-18)14-25(26,27)28)23-16(2)19(24(35)36)13-20-22(30-15-34(20)23)17-6-9-29-21(12-17)31(3)4/h6,9,12-13,15,18H,5,7-8,10-11,14H2,1-4H3,(H,35,36). The summed E-state index contributed by atoms with van der Waals surface area (Å²) in [7, 11) is 3.78. The fraction of sp³-hybridized carbons (Fsp3) is 0.480. The lowest BCUT2D eigenvalue weighted by Gasteiger charge is -2.40. The van der Waals surface area contributed by atoms with Crippen LogP contribution in [0.3, 0.4) is 0 Å². The first-order valence-electron chi connectivity index (χ1n) is 11.9. The molecule has 36 heavy (non-hydrogen) atoms. The Hall–Kier alpha value is -3.34. The molecule has 0 saturated carbocycles. The molecule has 1 fully saturated rings. The zero-order valence-electron chi connectivity index (χ0n) is 20.9. The molecule has 0 bridgehead atoms. The van der Waals surface area contributed by atoms with Crippen LogP contribution in [0.15, 0.2) is 30.7 Å². The molecular weight excluding hydrogens is 473 g/mol. The van der Waals surface area contributed by atoms with Crippen LogP contribution in [-0.2, 0) is 0 Å². The molecule has 0 radical (unpaired) electrons. The molecule has 8 nitrogen and oxygen atoms in total. The molecule has 4 heterocycles. The van der Waals surface area contributed by atoms with Gasteiger partial charge in [0.1, 0.15) is 18.0 Å². The fourth-order valence-electron chi connectivity index (χ4n) is 5.04. The zero-order chi connectivity index (χ0) is 26.2. The maximum absolute atomic E-state index is 12.9. The predicted molar refractivity (Wildman–Crippen MR) is 133 cm³/mol. The topological polar surface area (TPSA) is 77.2 Å². The highest BCUT2D eigenvalue weighted by Crippen LogP contribution is 2.35. The van der Waals surface area contributed by atoms with Gasteiger partial charge in [0.15, 0.2) is 0 Å². The van der Waals surface area contributed by atoms with Gasteiger partial charge < -0.3 is 14.9 Å². The first-order valence-corrected chi connectivity index (χ1v) is 11.9. The molecule has 1 N–H and O–H groups in total. The molecule has 0 amide bonds. The Kier molecular flexibility index (Phi) is 7.12. The molecule has 4 rings (SSSR count). The average Bonchev–Trinajstić information content (AvgIpc) is 3.24. The third kappa shape index (κ3) is 5.11. The first kappa shape index (κ1) is 25.7. The second-order valence-electron chi connectivity index (χ2n) is 9.37. The Balaban J connectivity index is 1.77. The monoisotopic (exact) mass is 504 g/mol. The van der Waals surface area contributed by atoms with Crippen molar-refractivity contribution in [1.29, 1.82) is 0 Å². The summed E-state index contributed by atoms with van der Waals surface area (Å²) in [6, 6.07) is 5.36. The van der Waals surface area contributed by atoms with E-state index in [-0.39, 0.29) is 11.6 Å². The number of pyridine rings is 2. The van der Waals surface area contributed by atoms with Crippen LogP contribution in [0.5, 0.6) is 0 Å². The molecule has 3 aromatic heterocycles. The van der Waals surface area contributed by atoms with E-state index >= 15 is 0 Å². The van der Waals surface area contributed by atoms with Crippen molar-refractivity contribution in [3.63, 3.8) is 0 Å². The number of aromatic nitrogens is 3. The minimum atomic E-state index is -4.22. The lowest BCUT2D eigenvalue weighted by atomic mass is 10.0. The smallest absolute Gasteiger partial charge is 0.401 e. The normalized spacial score (nSPS) is 15.4. The van der Waals surface area contributed by atoms with Crippen molar-refractivity contribution in [2.24, 2.45) is 0 Å². The number of carbonyl (C=O) groups is 1. The highest BCUT2D eigenvalue weighted by atomic mass is 19.4. The van der Waals surface area contributed by atoms with Gasteiger partial charge in [-0.05, 0) is 44.9 Å². The second-order valence-corrected chi connectivity index (χ2v) is 9.37. The summed E-state index contributed by atoms with van der Waals surface area (Å²) in [5.41, 5.74) is 2.87. The largest absolute Gasteiger partial charge is 0.478 e. The minimum absolute atomic E-state index is 0.0162. The third-order valence-corrected chi connectivity index (χ3v) is 6.77. The molecule has 194 valence electrons. The highest BCUT2D eigenvalue weighted by Gasteiger charge is 2.34. The highest BCUT2D eigenvalue weighted by molar-refractivity contribution is 5.95. The number of likely N-dealkylation sites (tertiary alicyclic amines) is 1. The van der Waals surface area contributed by atoms with E-state index in [1.165, 1.54) is 4.90 Å². The number of hydrogen-bond acceptors (Lipinski definition) is 6. The van der Waals surface area contributed by atoms with Crippen molar-refractivity contribution >= 4 is 23.1 Å². The zero-order valence-corrected chi connectivity index (χ0v) is 20.9. The van der Waals surface area contributed by atoms with Crippen LogP contribution >= 0.6 is 0 Å². The number of alkyl halides is 3. The van der Waals surface area contributed by atoms with E-state index < -0.39 is 18.7 Å². The number of halogens is 3. The van der Waals surface area contributed by atoms with Gasteiger partial charge in [-0.3, -0.25) is 9.30 Å². The van der Waals surface area contributed by atoms with Crippen LogP contribution in [0.4, 0.5) is 24.8 Å². The number of aromatic carboxylic acids is 1. The molecular formula is C25H31F3N6O2. The van der Waals surface area contributed by atoms with E-state index in [0.29, 0.717) is 55.1 Å². The maximum Gasteiger partial charge on any atom is 0.401 e. The molecule has 3 aromatic rings. The number of imidazole rings is 1. The van der Waals surface area contributed by atoms with Crippen molar-refractivity contribution in [3.8, 4) is 11.3 Å². The van der Waals surface area contributed by atoms with E-state index in [2.05, 4.69) is 14.9 Å². The molecule has 0 aliphatic carbocycles. The van der Waals surface area contributed by atoms with Gasteiger partial charge in [0.2, 0.25) is 0 Å². The lowest BCUT2D eigenvalue weighted by molar-refractivity contribution is -0.147. The van der Waals surface area contributed by atoms with Crippen LogP contribution in [0.25, 0.3) is 16.8 Å². The number of anilines is 2. The van der Waals surface area contributed by atoms with Crippen LogP contribution in [0, 0.1) is 6.92 Å². The molecule has 1 saturated heterocycles. The van der Waals surface area contributed by atoms with Gasteiger partial charge in [-0.15, -0.1) is 0 Å². The van der Waals surface area contributed by atoms with Gasteiger partial charge in [-0.1, -0.05) is 0 Å². The summed E-state index contributed by atoms with van der Waals surface area (Å²) < 4.78 is 40.5. The van der Waals surface area contributed by atoms with Crippen LogP contribution in [0.1, 0.15) is 35.7 Å². The molecule has 1 aliphatic rings. The Labute approximate surface area is 208 Å². The second kappa shape index (κ2) is 9.96. The van der Waals surface area contributed by atoms with E-state index in [1.54, 1.807) is 25.5 Å². The van der Waals surface area contributed by atoms with E-state index in [1.807, 2.05) is 42.5 Å². The summed E-state index contributed by atoms with van der Waals surface area (Å²) in [4.78, 5) is 26.6. The lowest BCUT2D eigenvalue weighted by Crippen LogP contribution is -2.48. The molecule has 0 unspecified atom stereocenters. The number of rotatable bonds is 7. The van der Waals surface area contributed by atoms with Gasteiger partial charge >= 0.3 is 12.1 Å². The Bertz CT molecular complexity index is 1250. The van der Waals surface area contributed by atoms with Crippen molar-refractivity contribution in [2.45, 2.75) is 38.9 Å². The van der Waals surface area contributed by atoms with Crippen molar-refractivity contribution < 1.29 is 23.1 Å². The Morgan fingerprint density at radius 1 is 1.19 bits per heavy atom. The van der Waals surface area contributed by atoms with Crippen LogP contribution in [0.2, 0.25) is 0 Å². The van der Waals surface area contributed by atoms with Gasteiger partial charge in [0, 0.05) is 57.1 Å². The predicted octanol–water partition coefficient (Wildman–Crippen LogP) is 4.32. The number of hydrogen-bond donors (Lipinski definition) is 1. The molecule has 1 aliphatic heterocycles. The Morgan fingerprint density at radius 2 is 1.89 bits per heavy atom. The maximum atomic E-state index is 12.9.